The minimum atomic E-state index is 0.750. The van der Waals surface area contributed by atoms with E-state index in [1.54, 1.807) is 0 Å². The Hall–Kier alpha value is -0.461. The maximum absolute atomic E-state index is 2.27. The number of hydrogen-bond acceptors (Lipinski definition) is 1. The monoisotopic (exact) mass is 229 g/mol. The van der Waals surface area contributed by atoms with E-state index >= 15 is 0 Å². The average molecular weight is 228 g/mol. The predicted molar refractivity (Wildman–Crippen MR) is 56.1 cm³/mol. The molecule has 0 unspecified atom stereocenters. The van der Waals surface area contributed by atoms with E-state index in [2.05, 4.69) is 49.1 Å². The molecule has 0 bridgehead atoms. The van der Waals surface area contributed by atoms with Crippen LogP contribution in [0.3, 0.4) is 0 Å². The van der Waals surface area contributed by atoms with Crippen LogP contribution in [0.1, 0.15) is 5.56 Å². The molecule has 0 radical (unpaired) electrons. The van der Waals surface area contributed by atoms with Gasteiger partial charge in [-0.25, -0.2) is 0 Å². The van der Waals surface area contributed by atoms with Crippen molar-refractivity contribution >= 4 is 20.6 Å². The van der Waals surface area contributed by atoms with E-state index in [1.165, 1.54) is 16.6 Å². The van der Waals surface area contributed by atoms with Gasteiger partial charge in [0, 0.05) is 0 Å². The molecule has 0 fully saturated rings. The second-order valence-electron chi connectivity index (χ2n) is 2.99. The Bertz CT molecular complexity index is 228. The summed E-state index contributed by atoms with van der Waals surface area (Å²) in [5.74, 6) is 2.27. The SMILES string of the molecule is C[Se]Cc1ccc(N(C)C)cc1. The minimum absolute atomic E-state index is 0.750. The summed E-state index contributed by atoms with van der Waals surface area (Å²) in [6, 6.07) is 8.81. The van der Waals surface area contributed by atoms with Crippen LogP contribution in [0.25, 0.3) is 0 Å². The summed E-state index contributed by atoms with van der Waals surface area (Å²) in [5, 5.41) is 1.25. The van der Waals surface area contributed by atoms with Crippen LogP contribution < -0.4 is 4.90 Å². The second kappa shape index (κ2) is 4.54. The molecule has 66 valence electrons. The van der Waals surface area contributed by atoms with Gasteiger partial charge in [-0.1, -0.05) is 0 Å². The molecule has 12 heavy (non-hydrogen) atoms. The topological polar surface area (TPSA) is 3.24 Å². The molecule has 1 aromatic rings. The first-order valence-corrected chi connectivity index (χ1v) is 6.91. The Morgan fingerprint density at radius 1 is 1.17 bits per heavy atom. The van der Waals surface area contributed by atoms with Gasteiger partial charge in [0.2, 0.25) is 0 Å². The van der Waals surface area contributed by atoms with Crippen LogP contribution >= 0.6 is 0 Å². The molecule has 0 aliphatic heterocycles. The first-order valence-electron chi connectivity index (χ1n) is 3.99. The van der Waals surface area contributed by atoms with E-state index in [0.717, 1.165) is 15.0 Å². The van der Waals surface area contributed by atoms with Crippen LogP contribution in [0.5, 0.6) is 0 Å². The summed E-state index contributed by atoms with van der Waals surface area (Å²) in [7, 11) is 4.14. The molecule has 1 aromatic carbocycles. The Morgan fingerprint density at radius 3 is 2.17 bits per heavy atom. The van der Waals surface area contributed by atoms with Crippen molar-refractivity contribution in [2.24, 2.45) is 0 Å². The molecule has 1 nitrogen and oxygen atoms in total. The van der Waals surface area contributed by atoms with Crippen molar-refractivity contribution in [2.75, 3.05) is 19.0 Å². The van der Waals surface area contributed by atoms with Gasteiger partial charge >= 0.3 is 80.6 Å². The van der Waals surface area contributed by atoms with E-state index in [4.69, 9.17) is 0 Å². The molecule has 2 heteroatoms. The molecule has 0 amide bonds. The van der Waals surface area contributed by atoms with Crippen LogP contribution in [-0.2, 0) is 5.32 Å². The van der Waals surface area contributed by atoms with Crippen molar-refractivity contribution in [3.05, 3.63) is 29.8 Å². The van der Waals surface area contributed by atoms with E-state index in [1.807, 2.05) is 0 Å². The predicted octanol–water partition coefficient (Wildman–Crippen LogP) is 2.00. The Balaban J connectivity index is 2.71. The van der Waals surface area contributed by atoms with Gasteiger partial charge in [-0.15, -0.1) is 0 Å². The van der Waals surface area contributed by atoms with Crippen molar-refractivity contribution < 1.29 is 0 Å². The summed E-state index contributed by atoms with van der Waals surface area (Å²) in [6.45, 7) is 0. The van der Waals surface area contributed by atoms with Gasteiger partial charge in [0.05, 0.1) is 0 Å². The van der Waals surface area contributed by atoms with Gasteiger partial charge in [-0.05, 0) is 0 Å². The van der Waals surface area contributed by atoms with Crippen molar-refractivity contribution in [2.45, 2.75) is 11.1 Å². The first kappa shape index (κ1) is 9.63. The summed E-state index contributed by atoms with van der Waals surface area (Å²) >= 11 is 0.750. The Morgan fingerprint density at radius 2 is 1.75 bits per heavy atom. The third kappa shape index (κ3) is 2.54. The van der Waals surface area contributed by atoms with Gasteiger partial charge in [0.25, 0.3) is 0 Å². The van der Waals surface area contributed by atoms with Crippen molar-refractivity contribution in [1.29, 1.82) is 0 Å². The Kier molecular flexibility index (Phi) is 3.64. The van der Waals surface area contributed by atoms with Crippen LogP contribution in [0.4, 0.5) is 5.69 Å². The fourth-order valence-electron chi connectivity index (χ4n) is 1.06. The van der Waals surface area contributed by atoms with E-state index in [9.17, 15) is 0 Å². The number of hydrogen-bond donors (Lipinski definition) is 0. The van der Waals surface area contributed by atoms with E-state index in [-0.39, 0.29) is 0 Å². The van der Waals surface area contributed by atoms with Gasteiger partial charge in [-0.2, -0.15) is 0 Å². The van der Waals surface area contributed by atoms with Gasteiger partial charge < -0.3 is 0 Å². The number of rotatable bonds is 3. The summed E-state index contributed by atoms with van der Waals surface area (Å²) in [6.07, 6.45) is 0. The third-order valence-corrected chi connectivity index (χ3v) is 3.07. The second-order valence-corrected chi connectivity index (χ2v) is 4.81. The molecule has 0 heterocycles. The van der Waals surface area contributed by atoms with Gasteiger partial charge in [0.1, 0.15) is 0 Å². The number of nitrogens with zero attached hydrogens (tertiary/aromatic N) is 1. The number of benzene rings is 1. The zero-order valence-corrected chi connectivity index (χ0v) is 9.59. The molecular formula is C10H15NSe. The molecule has 0 saturated heterocycles. The molecule has 0 spiro atoms. The molecule has 0 atom stereocenters. The average Bonchev–Trinajstić information content (AvgIpc) is 2.06. The third-order valence-electron chi connectivity index (χ3n) is 1.76. The zero-order valence-electron chi connectivity index (χ0n) is 7.87. The molecule has 0 saturated carbocycles. The van der Waals surface area contributed by atoms with Gasteiger partial charge in [0.15, 0.2) is 0 Å². The molecule has 0 N–H and O–H groups in total. The Labute approximate surface area is 80.9 Å². The maximum atomic E-state index is 2.27. The van der Waals surface area contributed by atoms with E-state index < -0.39 is 0 Å². The van der Waals surface area contributed by atoms with Crippen molar-refractivity contribution in [3.8, 4) is 0 Å². The molecule has 0 aliphatic rings. The summed E-state index contributed by atoms with van der Waals surface area (Å²) in [4.78, 5) is 2.13. The van der Waals surface area contributed by atoms with Crippen LogP contribution in [0.2, 0.25) is 5.82 Å². The normalized spacial score (nSPS) is 9.92. The summed E-state index contributed by atoms with van der Waals surface area (Å²) < 4.78 is 0. The molecule has 1 rings (SSSR count). The van der Waals surface area contributed by atoms with Crippen LogP contribution in [0.15, 0.2) is 24.3 Å². The fourth-order valence-corrected chi connectivity index (χ4v) is 2.16. The quantitative estimate of drug-likeness (QED) is 0.715. The molecular weight excluding hydrogens is 213 g/mol. The molecule has 0 aromatic heterocycles. The van der Waals surface area contributed by atoms with Crippen LogP contribution in [-0.4, -0.2) is 29.1 Å². The van der Waals surface area contributed by atoms with Crippen molar-refractivity contribution in [1.82, 2.24) is 0 Å². The zero-order chi connectivity index (χ0) is 8.97. The number of anilines is 1. The standard InChI is InChI=1S/C10H15NSe/c1-11(2)10-6-4-9(5-7-10)8-12-3/h4-7H,8H2,1-3H3. The molecule has 0 aliphatic carbocycles. The fraction of sp³-hybridized carbons (Fsp3) is 0.400. The first-order chi connectivity index (χ1) is 5.74. The van der Waals surface area contributed by atoms with Crippen molar-refractivity contribution in [3.63, 3.8) is 0 Å². The summed E-state index contributed by atoms with van der Waals surface area (Å²) in [5.41, 5.74) is 2.74. The van der Waals surface area contributed by atoms with E-state index in [0.29, 0.717) is 0 Å². The van der Waals surface area contributed by atoms with Crippen LogP contribution in [0, 0.1) is 0 Å². The van der Waals surface area contributed by atoms with Gasteiger partial charge in [-0.3, -0.25) is 0 Å².